The van der Waals surface area contributed by atoms with Crippen LogP contribution in [0.15, 0.2) is 47.8 Å². The van der Waals surface area contributed by atoms with Crippen molar-refractivity contribution in [3.05, 3.63) is 47.8 Å². The van der Waals surface area contributed by atoms with E-state index in [1.807, 2.05) is 13.2 Å². The summed E-state index contributed by atoms with van der Waals surface area (Å²) in [5, 5.41) is 0. The van der Waals surface area contributed by atoms with Gasteiger partial charge < -0.3 is 4.74 Å². The zero-order chi connectivity index (χ0) is 18.5. The van der Waals surface area contributed by atoms with E-state index in [0.29, 0.717) is 10.8 Å². The molecule has 0 aromatic rings. The Hall–Kier alpha value is -1.24. The highest BCUT2D eigenvalue weighted by Gasteiger charge is 2.58. The Bertz CT molecular complexity index is 680. The number of ether oxygens (including phenoxy) is 1. The largest absolute Gasteiger partial charge is 0.501 e. The second-order valence-electron chi connectivity index (χ2n) is 9.83. The molecule has 0 spiro atoms. The van der Waals surface area contributed by atoms with Crippen molar-refractivity contribution in [2.24, 2.45) is 34.5 Å². The van der Waals surface area contributed by atoms with Gasteiger partial charge in [0.05, 0.1) is 12.9 Å². The predicted octanol–water partition coefficient (Wildman–Crippen LogP) is 6.84. The molecule has 4 aliphatic carbocycles. The maximum atomic E-state index is 5.58. The fraction of sp³-hybridized carbons (Fsp3) is 0.680. The Morgan fingerprint density at radius 2 is 2.00 bits per heavy atom. The number of hydrogen-bond acceptors (Lipinski definition) is 1. The molecule has 26 heavy (non-hydrogen) atoms. The van der Waals surface area contributed by atoms with E-state index in [9.17, 15) is 0 Å². The lowest BCUT2D eigenvalue weighted by atomic mass is 9.48. The molecular weight excluding hydrogens is 316 g/mol. The topological polar surface area (TPSA) is 9.23 Å². The van der Waals surface area contributed by atoms with E-state index in [-0.39, 0.29) is 0 Å². The van der Waals surface area contributed by atoms with E-state index in [4.69, 9.17) is 4.74 Å². The number of rotatable bonds is 3. The van der Waals surface area contributed by atoms with Crippen molar-refractivity contribution in [1.82, 2.24) is 0 Å². The van der Waals surface area contributed by atoms with Gasteiger partial charge in [0.1, 0.15) is 0 Å². The monoisotopic (exact) mass is 352 g/mol. The number of fused-ring (bicyclic) bond motifs is 5. The highest BCUT2D eigenvalue weighted by Crippen LogP contribution is 2.66. The molecule has 1 heteroatoms. The van der Waals surface area contributed by atoms with Gasteiger partial charge in [0.2, 0.25) is 0 Å². The van der Waals surface area contributed by atoms with E-state index in [1.54, 1.807) is 11.1 Å². The number of methoxy groups -OCH3 is 1. The maximum absolute atomic E-state index is 5.58. The molecule has 6 atom stereocenters. The normalized spacial score (nSPS) is 45.0. The summed E-state index contributed by atoms with van der Waals surface area (Å²) in [4.78, 5) is 0. The van der Waals surface area contributed by atoms with Gasteiger partial charge in [-0.25, -0.2) is 0 Å². The van der Waals surface area contributed by atoms with Crippen molar-refractivity contribution >= 4 is 0 Å². The Morgan fingerprint density at radius 3 is 2.73 bits per heavy atom. The van der Waals surface area contributed by atoms with Crippen molar-refractivity contribution < 1.29 is 4.74 Å². The van der Waals surface area contributed by atoms with Crippen molar-refractivity contribution in [3.8, 4) is 0 Å². The highest BCUT2D eigenvalue weighted by molar-refractivity contribution is 5.36. The standard InChI is InChI=1S/C25H36O/c1-6-7-17(2)21-10-11-22-20-9-8-18-16-19(26-5)12-14-24(18,3)23(20)13-15-25(21,22)4/h6-8,16,20-23H,1,9-15H2,2-5H3/t20?,21-,22?,23?,24+,25-/m1/s1. The van der Waals surface area contributed by atoms with Gasteiger partial charge in [-0.15, -0.1) is 0 Å². The van der Waals surface area contributed by atoms with Crippen molar-refractivity contribution in [3.63, 3.8) is 0 Å². The SMILES string of the molecule is C=CC=C(C)[C@H]1CCC2C3CC=C4C=C(OC)CC[C@]4(C)C3CC[C@@]21C. The summed E-state index contributed by atoms with van der Waals surface area (Å²) >= 11 is 0. The molecule has 0 aliphatic heterocycles. The Balaban J connectivity index is 1.65. The third kappa shape index (κ3) is 2.49. The Labute approximate surface area is 160 Å². The van der Waals surface area contributed by atoms with Crippen molar-refractivity contribution in [2.45, 2.75) is 65.7 Å². The molecule has 0 N–H and O–H groups in total. The van der Waals surface area contributed by atoms with Gasteiger partial charge in [-0.3, -0.25) is 0 Å². The summed E-state index contributed by atoms with van der Waals surface area (Å²) in [6, 6.07) is 0. The lowest BCUT2D eigenvalue weighted by molar-refractivity contribution is -0.0318. The maximum Gasteiger partial charge on any atom is 0.0958 e. The molecule has 1 nitrogen and oxygen atoms in total. The molecule has 0 bridgehead atoms. The molecule has 0 amide bonds. The third-order valence-electron chi connectivity index (χ3n) is 8.92. The summed E-state index contributed by atoms with van der Waals surface area (Å²) in [6.07, 6.45) is 18.4. The first kappa shape index (κ1) is 18.1. The molecule has 142 valence electrons. The summed E-state index contributed by atoms with van der Waals surface area (Å²) < 4.78 is 5.58. The summed E-state index contributed by atoms with van der Waals surface area (Å²) in [5.41, 5.74) is 4.00. The first-order valence-corrected chi connectivity index (χ1v) is 10.7. The van der Waals surface area contributed by atoms with Crippen molar-refractivity contribution in [1.29, 1.82) is 0 Å². The minimum absolute atomic E-state index is 0.371. The van der Waals surface area contributed by atoms with Gasteiger partial charge in [-0.05, 0) is 91.6 Å². The van der Waals surface area contributed by atoms with Crippen LogP contribution in [0.3, 0.4) is 0 Å². The third-order valence-corrected chi connectivity index (χ3v) is 8.92. The molecule has 4 aliphatic rings. The predicted molar refractivity (Wildman–Crippen MR) is 110 cm³/mol. The average molecular weight is 353 g/mol. The van der Waals surface area contributed by atoms with Crippen LogP contribution < -0.4 is 0 Å². The quantitative estimate of drug-likeness (QED) is 0.505. The molecule has 0 aromatic carbocycles. The van der Waals surface area contributed by atoms with E-state index < -0.39 is 0 Å². The van der Waals surface area contributed by atoms with Gasteiger partial charge in [0.15, 0.2) is 0 Å². The van der Waals surface area contributed by atoms with E-state index in [2.05, 4.69) is 45.6 Å². The van der Waals surface area contributed by atoms with Crippen molar-refractivity contribution in [2.75, 3.05) is 7.11 Å². The number of hydrogen-bond donors (Lipinski definition) is 0. The first-order chi connectivity index (χ1) is 12.4. The summed E-state index contributed by atoms with van der Waals surface area (Å²) in [7, 11) is 1.82. The van der Waals surface area contributed by atoms with E-state index in [0.717, 1.165) is 30.1 Å². The fourth-order valence-corrected chi connectivity index (χ4v) is 7.51. The molecule has 0 saturated heterocycles. The molecule has 0 aromatic heterocycles. The van der Waals surface area contributed by atoms with E-state index in [1.165, 1.54) is 44.3 Å². The second-order valence-corrected chi connectivity index (χ2v) is 9.83. The molecule has 0 radical (unpaired) electrons. The zero-order valence-electron chi connectivity index (χ0n) is 17.2. The van der Waals surface area contributed by atoms with Crippen LogP contribution in [-0.2, 0) is 4.74 Å². The molecule has 2 saturated carbocycles. The van der Waals surface area contributed by atoms with Gasteiger partial charge in [-0.1, -0.05) is 44.2 Å². The average Bonchev–Trinajstić information content (AvgIpc) is 2.98. The molecular formula is C25H36O. The number of allylic oxidation sites excluding steroid dienone is 7. The molecule has 2 fully saturated rings. The Morgan fingerprint density at radius 1 is 1.19 bits per heavy atom. The van der Waals surface area contributed by atoms with Gasteiger partial charge in [0, 0.05) is 6.42 Å². The van der Waals surface area contributed by atoms with Crippen LogP contribution in [0.2, 0.25) is 0 Å². The van der Waals surface area contributed by atoms with E-state index >= 15 is 0 Å². The van der Waals surface area contributed by atoms with Gasteiger partial charge in [-0.2, -0.15) is 0 Å². The van der Waals surface area contributed by atoms with Crippen LogP contribution in [0.1, 0.15) is 65.7 Å². The first-order valence-electron chi connectivity index (χ1n) is 10.7. The van der Waals surface area contributed by atoms with Gasteiger partial charge in [0.25, 0.3) is 0 Å². The minimum atomic E-state index is 0.371. The van der Waals surface area contributed by atoms with Gasteiger partial charge >= 0.3 is 0 Å². The van der Waals surface area contributed by atoms with Crippen LogP contribution in [0, 0.1) is 34.5 Å². The smallest absolute Gasteiger partial charge is 0.0958 e. The minimum Gasteiger partial charge on any atom is -0.501 e. The fourth-order valence-electron chi connectivity index (χ4n) is 7.51. The van der Waals surface area contributed by atoms with Crippen LogP contribution in [0.4, 0.5) is 0 Å². The zero-order valence-corrected chi connectivity index (χ0v) is 17.2. The lowest BCUT2D eigenvalue weighted by Gasteiger charge is -2.57. The lowest BCUT2D eigenvalue weighted by Crippen LogP contribution is -2.49. The molecule has 3 unspecified atom stereocenters. The van der Waals surface area contributed by atoms with Crippen LogP contribution in [0.5, 0.6) is 0 Å². The Kier molecular flexibility index (Phi) is 4.48. The summed E-state index contributed by atoms with van der Waals surface area (Å²) in [5.74, 6) is 4.57. The van der Waals surface area contributed by atoms with Crippen LogP contribution in [-0.4, -0.2) is 7.11 Å². The second kappa shape index (κ2) is 6.43. The van der Waals surface area contributed by atoms with Crippen LogP contribution in [0.25, 0.3) is 0 Å². The van der Waals surface area contributed by atoms with Crippen LogP contribution >= 0.6 is 0 Å². The molecule has 0 heterocycles. The molecule has 4 rings (SSSR count). The summed E-state index contributed by atoms with van der Waals surface area (Å²) in [6.45, 7) is 11.4. The highest BCUT2D eigenvalue weighted by atomic mass is 16.5.